The van der Waals surface area contributed by atoms with E-state index in [1.165, 1.54) is 0 Å². The number of carbonyl (C=O) groups is 1. The van der Waals surface area contributed by atoms with E-state index in [1.54, 1.807) is 91.0 Å². The van der Waals surface area contributed by atoms with Gasteiger partial charge in [0, 0.05) is 68.4 Å². The van der Waals surface area contributed by atoms with E-state index in [4.69, 9.17) is 42.8 Å². The number of benzene rings is 4. The predicted octanol–water partition coefficient (Wildman–Crippen LogP) is 8.45. The number of nitrogens with one attached hydrogen (secondary N) is 1. The van der Waals surface area contributed by atoms with Crippen molar-refractivity contribution in [1.29, 1.82) is 0 Å². The highest BCUT2D eigenvalue weighted by Gasteiger charge is 2.54. The third kappa shape index (κ3) is 7.61. The van der Waals surface area contributed by atoms with Gasteiger partial charge in [-0.15, -0.1) is 0 Å². The SMILES string of the molecule is [N-]=[N+]=Nc1ccccc1C[C@@]1(C(=O)NCc2ccc(Cl)cc2Cl)N=C(c2ccc(OCCCO)cc2)O[C@@H]1c1ccccc1N=[N+]=[N-]. The number of halogens is 2. The van der Waals surface area contributed by atoms with Crippen molar-refractivity contribution in [3.8, 4) is 5.75 Å². The highest BCUT2D eigenvalue weighted by Crippen LogP contribution is 2.46. The summed E-state index contributed by atoms with van der Waals surface area (Å²) in [5, 5.41) is 20.6. The third-order valence-electron chi connectivity index (χ3n) is 7.46. The molecule has 0 bridgehead atoms. The number of ether oxygens (including phenoxy) is 2. The Bertz CT molecular complexity index is 1890. The molecule has 238 valence electrons. The molecular weight excluding hydrogens is 643 g/mol. The first kappa shape index (κ1) is 33.2. The normalized spacial score (nSPS) is 16.7. The van der Waals surface area contributed by atoms with Crippen LogP contribution in [-0.2, 0) is 22.5 Å². The van der Waals surface area contributed by atoms with Gasteiger partial charge in [0.2, 0.25) is 5.90 Å². The molecule has 0 radical (unpaired) electrons. The summed E-state index contributed by atoms with van der Waals surface area (Å²) in [7, 11) is 0. The van der Waals surface area contributed by atoms with Gasteiger partial charge in [0.1, 0.15) is 5.75 Å². The second-order valence-electron chi connectivity index (χ2n) is 10.5. The Morgan fingerprint density at radius 2 is 1.66 bits per heavy atom. The van der Waals surface area contributed by atoms with E-state index < -0.39 is 17.6 Å². The molecule has 4 aromatic rings. The lowest BCUT2D eigenvalue weighted by atomic mass is 9.81. The minimum absolute atomic E-state index is 0.0125. The maximum absolute atomic E-state index is 14.6. The first-order valence-electron chi connectivity index (χ1n) is 14.5. The molecule has 2 atom stereocenters. The number of amides is 1. The first-order valence-corrected chi connectivity index (χ1v) is 15.2. The van der Waals surface area contributed by atoms with Gasteiger partial charge in [-0.3, -0.25) is 4.79 Å². The van der Waals surface area contributed by atoms with Crippen molar-refractivity contribution in [2.45, 2.75) is 31.0 Å². The summed E-state index contributed by atoms with van der Waals surface area (Å²) in [6.45, 7) is 0.402. The topological polar surface area (TPSA) is 178 Å². The van der Waals surface area contributed by atoms with E-state index in [-0.39, 0.29) is 31.2 Å². The fourth-order valence-electron chi connectivity index (χ4n) is 5.20. The van der Waals surface area contributed by atoms with Gasteiger partial charge in [-0.2, -0.15) is 0 Å². The second-order valence-corrected chi connectivity index (χ2v) is 11.3. The fraction of sp³-hybridized carbons (Fsp3) is 0.212. The van der Waals surface area contributed by atoms with Gasteiger partial charge in [0.05, 0.1) is 6.61 Å². The Kier molecular flexibility index (Phi) is 10.8. The molecule has 0 spiro atoms. The van der Waals surface area contributed by atoms with E-state index in [2.05, 4.69) is 25.4 Å². The maximum atomic E-state index is 14.6. The maximum Gasteiger partial charge on any atom is 0.252 e. The summed E-state index contributed by atoms with van der Waals surface area (Å²) in [4.78, 5) is 25.5. The van der Waals surface area contributed by atoms with Crippen LogP contribution in [0.15, 0.2) is 106 Å². The molecule has 0 aromatic heterocycles. The quantitative estimate of drug-likeness (QED) is 0.0627. The van der Waals surface area contributed by atoms with E-state index in [0.29, 0.717) is 56.8 Å². The van der Waals surface area contributed by atoms with Crippen molar-refractivity contribution in [3.63, 3.8) is 0 Å². The van der Waals surface area contributed by atoms with Crippen LogP contribution in [0.5, 0.6) is 5.75 Å². The number of hydrogen-bond donors (Lipinski definition) is 2. The monoisotopic (exact) mass is 670 g/mol. The zero-order valence-electron chi connectivity index (χ0n) is 24.8. The van der Waals surface area contributed by atoms with Gasteiger partial charge >= 0.3 is 0 Å². The van der Waals surface area contributed by atoms with Gasteiger partial charge < -0.3 is 19.9 Å². The zero-order valence-corrected chi connectivity index (χ0v) is 26.3. The number of carbonyl (C=O) groups excluding carboxylic acids is 1. The number of aliphatic hydroxyl groups excluding tert-OH is 1. The molecule has 0 saturated heterocycles. The van der Waals surface area contributed by atoms with Crippen LogP contribution in [0.4, 0.5) is 11.4 Å². The smallest absolute Gasteiger partial charge is 0.252 e. The minimum Gasteiger partial charge on any atom is -0.494 e. The van der Waals surface area contributed by atoms with Crippen molar-refractivity contribution in [1.82, 2.24) is 5.32 Å². The fourth-order valence-corrected chi connectivity index (χ4v) is 5.67. The molecule has 12 nitrogen and oxygen atoms in total. The van der Waals surface area contributed by atoms with Crippen LogP contribution in [0, 0.1) is 0 Å². The van der Waals surface area contributed by atoms with E-state index in [9.17, 15) is 15.9 Å². The number of rotatable bonds is 13. The molecule has 1 aliphatic rings. The molecule has 0 unspecified atom stereocenters. The molecule has 2 N–H and O–H groups in total. The Labute approximate surface area is 279 Å². The largest absolute Gasteiger partial charge is 0.494 e. The van der Waals surface area contributed by atoms with Crippen LogP contribution in [-0.4, -0.2) is 35.7 Å². The number of azide groups is 2. The number of hydrogen-bond acceptors (Lipinski definition) is 7. The Morgan fingerprint density at radius 1 is 0.957 bits per heavy atom. The molecular formula is C33H28Cl2N8O4. The molecule has 0 fully saturated rings. The van der Waals surface area contributed by atoms with Gasteiger partial charge in [-0.1, -0.05) is 88.0 Å². The van der Waals surface area contributed by atoms with Crippen LogP contribution in [0.1, 0.15) is 34.8 Å². The highest BCUT2D eigenvalue weighted by molar-refractivity contribution is 6.35. The minimum atomic E-state index is -1.69. The summed E-state index contributed by atoms with van der Waals surface area (Å²) >= 11 is 12.5. The summed E-state index contributed by atoms with van der Waals surface area (Å²) < 4.78 is 12.2. The zero-order chi connectivity index (χ0) is 33.2. The molecule has 4 aromatic carbocycles. The Morgan fingerprint density at radius 3 is 2.38 bits per heavy atom. The van der Waals surface area contributed by atoms with Crippen molar-refractivity contribution >= 4 is 46.4 Å². The average Bonchev–Trinajstić information content (AvgIpc) is 3.46. The number of aliphatic imine (C=N–C) groups is 1. The van der Waals surface area contributed by atoms with Crippen LogP contribution in [0.2, 0.25) is 10.0 Å². The average molecular weight is 672 g/mol. The van der Waals surface area contributed by atoms with Crippen LogP contribution >= 0.6 is 23.2 Å². The van der Waals surface area contributed by atoms with Crippen molar-refractivity contribution in [3.05, 3.63) is 144 Å². The number of aliphatic hydroxyl groups is 1. The second kappa shape index (κ2) is 15.4. The summed E-state index contributed by atoms with van der Waals surface area (Å²) in [5.74, 6) is 0.228. The Balaban J connectivity index is 1.65. The first-order chi connectivity index (χ1) is 22.9. The van der Waals surface area contributed by atoms with Crippen LogP contribution in [0.3, 0.4) is 0 Å². The van der Waals surface area contributed by atoms with Gasteiger partial charge in [-0.05, 0) is 58.6 Å². The molecule has 1 amide bonds. The van der Waals surface area contributed by atoms with Crippen LogP contribution in [0.25, 0.3) is 20.9 Å². The van der Waals surface area contributed by atoms with E-state index >= 15 is 0 Å². The van der Waals surface area contributed by atoms with Gasteiger partial charge in [-0.25, -0.2) is 4.99 Å². The van der Waals surface area contributed by atoms with Crippen molar-refractivity contribution in [2.75, 3.05) is 13.2 Å². The molecule has 5 rings (SSSR count). The van der Waals surface area contributed by atoms with Gasteiger partial charge in [0.25, 0.3) is 5.91 Å². The summed E-state index contributed by atoms with van der Waals surface area (Å²) in [6.07, 6.45) is -0.650. The molecule has 0 saturated carbocycles. The third-order valence-corrected chi connectivity index (χ3v) is 8.05. The predicted molar refractivity (Wildman–Crippen MR) is 179 cm³/mol. The molecule has 1 aliphatic heterocycles. The summed E-state index contributed by atoms with van der Waals surface area (Å²) in [5.41, 5.74) is 19.7. The van der Waals surface area contributed by atoms with E-state index in [0.717, 1.165) is 0 Å². The van der Waals surface area contributed by atoms with Crippen LogP contribution < -0.4 is 10.1 Å². The lowest BCUT2D eigenvalue weighted by molar-refractivity contribution is -0.129. The lowest BCUT2D eigenvalue weighted by Crippen LogP contribution is -2.49. The molecule has 47 heavy (non-hydrogen) atoms. The molecule has 14 heteroatoms. The molecule has 0 aliphatic carbocycles. The Hall–Kier alpha value is -5.22. The van der Waals surface area contributed by atoms with Crippen molar-refractivity contribution < 1.29 is 19.4 Å². The lowest BCUT2D eigenvalue weighted by Gasteiger charge is -2.32. The number of nitrogens with zero attached hydrogens (tertiary/aromatic N) is 7. The van der Waals surface area contributed by atoms with Gasteiger partial charge in [0.15, 0.2) is 11.6 Å². The highest BCUT2D eigenvalue weighted by atomic mass is 35.5. The van der Waals surface area contributed by atoms with E-state index in [1.807, 2.05) is 0 Å². The standard InChI is InChI=1S/C33H28Cl2N8O4/c34-24-13-10-23(27(35)18-24)20-38-32(45)33(19-22-6-1-3-8-28(22)40-42-36)30(26-7-2-4-9-29(26)41-43-37)47-31(39-33)21-11-14-25(15-12-21)46-17-5-16-44/h1-4,6-15,18,30,44H,5,16-17,19-20H2,(H,38,45)/t30-,33-/m1/s1. The molecule has 1 heterocycles. The summed E-state index contributed by atoms with van der Waals surface area (Å²) in [6, 6.07) is 25.6. The van der Waals surface area contributed by atoms with Crippen molar-refractivity contribution in [2.24, 2.45) is 15.2 Å².